The Morgan fingerprint density at radius 1 is 1.77 bits per heavy atom. The number of hydrogen-bond acceptors (Lipinski definition) is 4. The summed E-state index contributed by atoms with van der Waals surface area (Å²) in [7, 11) is 1.43. The maximum atomic E-state index is 11.9. The molecule has 5 nitrogen and oxygen atoms in total. The highest BCUT2D eigenvalue weighted by Gasteiger charge is 2.14. The van der Waals surface area contributed by atoms with E-state index in [0.29, 0.717) is 4.90 Å². The molecule has 0 aromatic heterocycles. The van der Waals surface area contributed by atoms with Gasteiger partial charge in [-0.25, -0.2) is 8.78 Å². The number of carbonyl (C=O) groups is 1. The van der Waals surface area contributed by atoms with Gasteiger partial charge >= 0.3 is 0 Å². The summed E-state index contributed by atoms with van der Waals surface area (Å²) in [6.45, 7) is -1.35. The maximum Gasteiger partial charge on any atom is 0.256 e. The Labute approximate surface area is 74.0 Å². The van der Waals surface area contributed by atoms with Crippen molar-refractivity contribution in [3.05, 3.63) is 0 Å². The van der Waals surface area contributed by atoms with Gasteiger partial charge in [0.25, 0.3) is 6.43 Å². The minimum absolute atomic E-state index is 0.141. The first-order chi connectivity index (χ1) is 6.15. The number of hydrazone groups is 1. The Hall–Kier alpha value is -1.24. The number of nitrogens with zero attached hydrogens (tertiary/aromatic N) is 2. The predicted octanol–water partition coefficient (Wildman–Crippen LogP) is -0.765. The Morgan fingerprint density at radius 2 is 2.38 bits per heavy atom. The van der Waals surface area contributed by atoms with Crippen molar-refractivity contribution < 1.29 is 18.7 Å². The molecule has 0 saturated carbocycles. The van der Waals surface area contributed by atoms with E-state index in [1.165, 1.54) is 7.05 Å². The molecule has 0 aliphatic carbocycles. The number of amidine groups is 1. The Balaban J connectivity index is 4.34. The van der Waals surface area contributed by atoms with E-state index >= 15 is 0 Å². The van der Waals surface area contributed by atoms with Crippen molar-refractivity contribution in [3.8, 4) is 0 Å². The van der Waals surface area contributed by atoms with Crippen LogP contribution in [0.1, 0.15) is 0 Å². The molecule has 7 heteroatoms. The lowest BCUT2D eigenvalue weighted by molar-refractivity contribution is -0.116. The maximum absolute atomic E-state index is 11.9. The van der Waals surface area contributed by atoms with Crippen LogP contribution >= 0.6 is 0 Å². The number of aliphatic hydroxyl groups is 1. The summed E-state index contributed by atoms with van der Waals surface area (Å²) in [6.07, 6.45) is -2.46. The first kappa shape index (κ1) is 11.8. The average Bonchev–Trinajstić information content (AvgIpc) is 2.10. The molecule has 0 fully saturated rings. The second-order valence-electron chi connectivity index (χ2n) is 2.06. The number of amides is 1. The molecule has 1 amide bonds. The van der Waals surface area contributed by atoms with Gasteiger partial charge in [-0.1, -0.05) is 0 Å². The molecule has 2 N–H and O–H groups in total. The van der Waals surface area contributed by atoms with Crippen molar-refractivity contribution >= 4 is 12.2 Å². The lowest BCUT2D eigenvalue weighted by atomic mass is 10.5. The molecule has 0 unspecified atom stereocenters. The second-order valence-corrected chi connectivity index (χ2v) is 2.06. The van der Waals surface area contributed by atoms with Gasteiger partial charge in [0.2, 0.25) is 6.41 Å². The SMILES string of the molecule is CN/N=C(/CO)N(C=O)CC(F)F. The van der Waals surface area contributed by atoms with Gasteiger partial charge in [0.1, 0.15) is 6.61 Å². The first-order valence-corrected chi connectivity index (χ1v) is 3.50. The minimum atomic E-state index is -2.65. The van der Waals surface area contributed by atoms with E-state index in [2.05, 4.69) is 10.5 Å². The molecule has 0 saturated heterocycles. The predicted molar refractivity (Wildman–Crippen MR) is 42.4 cm³/mol. The smallest absolute Gasteiger partial charge is 0.256 e. The summed E-state index contributed by atoms with van der Waals surface area (Å²) >= 11 is 0. The highest BCUT2D eigenvalue weighted by Crippen LogP contribution is 1.97. The van der Waals surface area contributed by atoms with E-state index in [1.54, 1.807) is 0 Å². The van der Waals surface area contributed by atoms with Crippen LogP contribution in [0.15, 0.2) is 5.10 Å². The zero-order valence-corrected chi connectivity index (χ0v) is 7.07. The fourth-order valence-corrected chi connectivity index (χ4v) is 0.677. The fraction of sp³-hybridized carbons (Fsp3) is 0.667. The van der Waals surface area contributed by atoms with Crippen LogP contribution < -0.4 is 5.43 Å². The van der Waals surface area contributed by atoms with Crippen LogP contribution in [0.4, 0.5) is 8.78 Å². The molecule has 0 rings (SSSR count). The van der Waals surface area contributed by atoms with Crippen LogP contribution in [0.3, 0.4) is 0 Å². The molecule has 13 heavy (non-hydrogen) atoms. The van der Waals surface area contributed by atoms with E-state index in [-0.39, 0.29) is 12.2 Å². The number of alkyl halides is 2. The van der Waals surface area contributed by atoms with Gasteiger partial charge in [-0.05, 0) is 0 Å². The van der Waals surface area contributed by atoms with Crippen molar-refractivity contribution in [2.45, 2.75) is 6.43 Å². The number of aliphatic hydroxyl groups excluding tert-OH is 1. The van der Waals surface area contributed by atoms with Crippen LogP contribution in [0.2, 0.25) is 0 Å². The van der Waals surface area contributed by atoms with Crippen LogP contribution in [-0.4, -0.2) is 48.9 Å². The third-order valence-corrected chi connectivity index (χ3v) is 1.18. The number of halogens is 2. The minimum Gasteiger partial charge on any atom is -0.388 e. The number of rotatable bonds is 5. The van der Waals surface area contributed by atoms with Crippen molar-refractivity contribution in [2.75, 3.05) is 20.2 Å². The molecule has 0 atom stereocenters. The van der Waals surface area contributed by atoms with Crippen molar-refractivity contribution in [1.29, 1.82) is 0 Å². The van der Waals surface area contributed by atoms with Gasteiger partial charge in [0, 0.05) is 7.05 Å². The Morgan fingerprint density at radius 3 is 2.69 bits per heavy atom. The highest BCUT2D eigenvalue weighted by atomic mass is 19.3. The van der Waals surface area contributed by atoms with Crippen molar-refractivity contribution in [3.63, 3.8) is 0 Å². The highest BCUT2D eigenvalue weighted by molar-refractivity contribution is 5.91. The van der Waals surface area contributed by atoms with Crippen LogP contribution in [0.25, 0.3) is 0 Å². The summed E-state index contributed by atoms with van der Waals surface area (Å²) in [5, 5.41) is 12.1. The summed E-state index contributed by atoms with van der Waals surface area (Å²) in [4.78, 5) is 10.9. The number of nitrogens with one attached hydrogen (secondary N) is 1. The first-order valence-electron chi connectivity index (χ1n) is 3.50. The van der Waals surface area contributed by atoms with E-state index in [9.17, 15) is 13.6 Å². The van der Waals surface area contributed by atoms with Crippen molar-refractivity contribution in [1.82, 2.24) is 10.3 Å². The number of carbonyl (C=O) groups excluding carboxylic acids is 1. The monoisotopic (exact) mass is 195 g/mol. The molecule has 0 spiro atoms. The largest absolute Gasteiger partial charge is 0.388 e. The molecule has 0 aromatic rings. The summed E-state index contributed by atoms with van der Waals surface area (Å²) < 4.78 is 23.7. The quantitative estimate of drug-likeness (QED) is 0.262. The molecule has 0 radical (unpaired) electrons. The standard InChI is InChI=1S/C6H11F2N3O2/c1-9-10-6(3-12)11(4-13)2-5(7)8/h4-5,9,12H,2-3H2,1H3/b10-6-. The molecule has 0 aromatic carbocycles. The van der Waals surface area contributed by atoms with Gasteiger partial charge in [-0.3, -0.25) is 9.69 Å². The van der Waals surface area contributed by atoms with Crippen LogP contribution in [0.5, 0.6) is 0 Å². The second kappa shape index (κ2) is 6.30. The summed E-state index contributed by atoms with van der Waals surface area (Å²) in [5.74, 6) is -0.141. The average molecular weight is 195 g/mol. The van der Waals surface area contributed by atoms with Gasteiger partial charge in [0.15, 0.2) is 5.84 Å². The molecule has 76 valence electrons. The summed E-state index contributed by atoms with van der Waals surface area (Å²) in [5.41, 5.74) is 2.29. The zero-order valence-electron chi connectivity index (χ0n) is 7.07. The third-order valence-electron chi connectivity index (χ3n) is 1.18. The molecular weight excluding hydrogens is 184 g/mol. The molecule has 0 bridgehead atoms. The summed E-state index contributed by atoms with van der Waals surface area (Å²) in [6, 6.07) is 0. The zero-order chi connectivity index (χ0) is 10.3. The van der Waals surface area contributed by atoms with Gasteiger partial charge in [0.05, 0.1) is 6.54 Å². The van der Waals surface area contributed by atoms with Crippen molar-refractivity contribution in [2.24, 2.45) is 5.10 Å². The normalized spacial score (nSPS) is 11.6. The number of hydrogen-bond donors (Lipinski definition) is 2. The molecular formula is C6H11F2N3O2. The fourth-order valence-electron chi connectivity index (χ4n) is 0.677. The Kier molecular flexibility index (Phi) is 5.69. The lowest BCUT2D eigenvalue weighted by Crippen LogP contribution is -2.37. The Bertz CT molecular complexity index is 187. The van der Waals surface area contributed by atoms with E-state index in [0.717, 1.165) is 0 Å². The van der Waals surface area contributed by atoms with E-state index < -0.39 is 19.6 Å². The van der Waals surface area contributed by atoms with Crippen LogP contribution in [0, 0.1) is 0 Å². The molecule has 0 heterocycles. The molecule has 0 aliphatic heterocycles. The molecule has 0 aliphatic rings. The topological polar surface area (TPSA) is 64.9 Å². The van der Waals surface area contributed by atoms with E-state index in [4.69, 9.17) is 5.11 Å². The van der Waals surface area contributed by atoms with E-state index in [1.807, 2.05) is 0 Å². The van der Waals surface area contributed by atoms with Gasteiger partial charge in [-0.2, -0.15) is 5.10 Å². The lowest BCUT2D eigenvalue weighted by Gasteiger charge is -2.16. The van der Waals surface area contributed by atoms with Gasteiger partial charge in [-0.15, -0.1) is 0 Å². The third kappa shape index (κ3) is 4.36. The van der Waals surface area contributed by atoms with Crippen LogP contribution in [-0.2, 0) is 4.79 Å². The van der Waals surface area contributed by atoms with Gasteiger partial charge < -0.3 is 10.5 Å².